The van der Waals surface area contributed by atoms with Crippen LogP contribution in [0.25, 0.3) is 0 Å². The van der Waals surface area contributed by atoms with Crippen LogP contribution in [0.3, 0.4) is 0 Å². The standard InChI is InChI=1S/Fe.Mg.H3N.H3P.2H/h;;2*1H3;;/q;+2;;;2*-1. The Bertz CT molecular complexity index is 13.5. The summed E-state index contributed by atoms with van der Waals surface area (Å²) in [6.45, 7) is 0. The molecule has 0 spiro atoms. The van der Waals surface area contributed by atoms with Crippen molar-refractivity contribution in [2.24, 2.45) is 0 Å². The van der Waals surface area contributed by atoms with Crippen LogP contribution in [0.5, 0.6) is 0 Å². The van der Waals surface area contributed by atoms with E-state index in [1.807, 2.05) is 0 Å². The van der Waals surface area contributed by atoms with E-state index in [0.717, 1.165) is 0 Å². The van der Waals surface area contributed by atoms with Crippen molar-refractivity contribution in [3.63, 3.8) is 0 Å². The van der Waals surface area contributed by atoms with Gasteiger partial charge in [0.15, 0.2) is 0 Å². The quantitative estimate of drug-likeness (QED) is 0.368. The third-order valence-electron chi connectivity index (χ3n) is 0. The van der Waals surface area contributed by atoms with Crippen molar-refractivity contribution in [3.05, 3.63) is 0 Å². The largest absolute Gasteiger partial charge is 2.00 e. The Morgan fingerprint density at radius 2 is 1.25 bits per heavy atom. The fourth-order valence-electron chi connectivity index (χ4n) is 0. The summed E-state index contributed by atoms with van der Waals surface area (Å²) in [7, 11) is 0. The van der Waals surface area contributed by atoms with Crippen molar-refractivity contribution in [2.75, 3.05) is 0 Å². The molecule has 0 amide bonds. The van der Waals surface area contributed by atoms with Crippen LogP contribution in [-0.2, 0) is 17.1 Å². The molecule has 0 rings (SSSR count). The zero-order valence-electron chi connectivity index (χ0n) is 4.47. The molecule has 3 N–H and O–H groups in total. The van der Waals surface area contributed by atoms with Crippen LogP contribution in [0.2, 0.25) is 0 Å². The van der Waals surface area contributed by atoms with E-state index in [4.69, 9.17) is 0 Å². The molecule has 0 saturated heterocycles. The molecule has 0 saturated carbocycles. The third kappa shape index (κ3) is 9.37. The first-order valence-electron chi connectivity index (χ1n) is 0. The molecule has 0 radical (unpaired) electrons. The van der Waals surface area contributed by atoms with Crippen molar-refractivity contribution in [1.82, 2.24) is 6.15 Å². The Balaban J connectivity index is 0. The molecule has 0 aliphatic carbocycles. The Labute approximate surface area is 59.1 Å². The molecule has 1 nitrogen and oxygen atoms in total. The monoisotopic (exact) mass is 133 g/mol. The summed E-state index contributed by atoms with van der Waals surface area (Å²) in [6.07, 6.45) is 0. The molecular formula is H8FeMgNP. The molecule has 0 aliphatic rings. The van der Waals surface area contributed by atoms with Crippen LogP contribution in [0.4, 0.5) is 0 Å². The Kier molecular flexibility index (Phi) is 249. The summed E-state index contributed by atoms with van der Waals surface area (Å²) < 4.78 is 0. The predicted molar refractivity (Wildman–Crippen MR) is 24.1 cm³/mol. The topological polar surface area (TPSA) is 35.0 Å². The van der Waals surface area contributed by atoms with Gasteiger partial charge in [0.1, 0.15) is 0 Å². The number of rotatable bonds is 0. The first-order chi connectivity index (χ1) is 0. The molecular weight excluding hydrogens is 125 g/mol. The smallest absolute Gasteiger partial charge is 1.00 e. The molecule has 1 atom stereocenters. The van der Waals surface area contributed by atoms with E-state index >= 15 is 0 Å². The molecule has 0 aliphatic heterocycles. The molecule has 4 heavy (non-hydrogen) atoms. The van der Waals surface area contributed by atoms with Crippen LogP contribution >= 0.6 is 9.90 Å². The average Bonchev–Trinajstić information content (AvgIpc) is 0. The van der Waals surface area contributed by atoms with Gasteiger partial charge in [-0.2, -0.15) is 9.90 Å². The zero-order valence-corrected chi connectivity index (χ0v) is 6.41. The van der Waals surface area contributed by atoms with Gasteiger partial charge in [0.25, 0.3) is 0 Å². The molecule has 0 aromatic heterocycles. The minimum atomic E-state index is 0. The minimum absolute atomic E-state index is 0. The summed E-state index contributed by atoms with van der Waals surface area (Å²) >= 11 is 0. The second-order valence-corrected chi connectivity index (χ2v) is 0. The summed E-state index contributed by atoms with van der Waals surface area (Å²) in [4.78, 5) is 0. The summed E-state index contributed by atoms with van der Waals surface area (Å²) in [5.41, 5.74) is 0. The molecule has 0 aromatic carbocycles. The predicted octanol–water partition coefficient (Wildman–Crippen LogP) is 0.0618. The first kappa shape index (κ1) is 44.2. The summed E-state index contributed by atoms with van der Waals surface area (Å²) in [5.74, 6) is 0. The van der Waals surface area contributed by atoms with E-state index < -0.39 is 0 Å². The molecule has 0 aromatic rings. The average molecular weight is 133 g/mol. The third-order valence-corrected chi connectivity index (χ3v) is 0. The van der Waals surface area contributed by atoms with Gasteiger partial charge in [0, 0.05) is 17.1 Å². The SMILES string of the molecule is N.P.[Fe].[H-].[H-].[Mg+2]. The van der Waals surface area contributed by atoms with E-state index in [2.05, 4.69) is 0 Å². The van der Waals surface area contributed by atoms with Gasteiger partial charge in [-0.3, -0.25) is 0 Å². The molecule has 0 bridgehead atoms. The molecule has 28 valence electrons. The normalized spacial score (nSPS) is 0. The van der Waals surface area contributed by atoms with Crippen molar-refractivity contribution >= 4 is 33.0 Å². The van der Waals surface area contributed by atoms with Crippen LogP contribution in [0, 0.1) is 0 Å². The maximum Gasteiger partial charge on any atom is 2.00 e. The Morgan fingerprint density at radius 1 is 1.25 bits per heavy atom. The van der Waals surface area contributed by atoms with E-state index in [0.29, 0.717) is 0 Å². The zero-order chi connectivity index (χ0) is 0. The van der Waals surface area contributed by atoms with E-state index in [-0.39, 0.29) is 59.0 Å². The Morgan fingerprint density at radius 3 is 1.25 bits per heavy atom. The van der Waals surface area contributed by atoms with Crippen LogP contribution in [-0.4, -0.2) is 23.1 Å². The van der Waals surface area contributed by atoms with Gasteiger partial charge in [-0.15, -0.1) is 0 Å². The van der Waals surface area contributed by atoms with Gasteiger partial charge in [-0.25, -0.2) is 0 Å². The van der Waals surface area contributed by atoms with Crippen molar-refractivity contribution in [3.8, 4) is 0 Å². The molecule has 4 heteroatoms. The first-order valence-corrected chi connectivity index (χ1v) is 0. The van der Waals surface area contributed by atoms with Crippen LogP contribution < -0.4 is 6.15 Å². The van der Waals surface area contributed by atoms with E-state index in [1.54, 1.807) is 0 Å². The summed E-state index contributed by atoms with van der Waals surface area (Å²) in [6, 6.07) is 0. The maximum atomic E-state index is 0. The fraction of sp³-hybridized carbons (Fsp3) is 0. The molecule has 0 heterocycles. The number of hydrogen-bond donors (Lipinski definition) is 1. The van der Waals surface area contributed by atoms with E-state index in [1.165, 1.54) is 0 Å². The molecule has 0 fully saturated rings. The summed E-state index contributed by atoms with van der Waals surface area (Å²) in [5, 5.41) is 0. The Hall–Kier alpha value is 1.68. The maximum absolute atomic E-state index is 0. The van der Waals surface area contributed by atoms with Crippen molar-refractivity contribution in [1.29, 1.82) is 0 Å². The van der Waals surface area contributed by atoms with Gasteiger partial charge in [-0.05, 0) is 0 Å². The van der Waals surface area contributed by atoms with Crippen LogP contribution in [0.15, 0.2) is 0 Å². The number of hydrogen-bond acceptors (Lipinski definition) is 1. The van der Waals surface area contributed by atoms with Crippen molar-refractivity contribution < 1.29 is 19.9 Å². The second-order valence-electron chi connectivity index (χ2n) is 0. The van der Waals surface area contributed by atoms with Gasteiger partial charge in [-0.1, -0.05) is 0 Å². The molecule has 1 unspecified atom stereocenters. The fourth-order valence-corrected chi connectivity index (χ4v) is 0. The van der Waals surface area contributed by atoms with Crippen LogP contribution in [0.1, 0.15) is 2.85 Å². The second kappa shape index (κ2) is 22.5. The van der Waals surface area contributed by atoms with E-state index in [9.17, 15) is 0 Å². The van der Waals surface area contributed by atoms with Gasteiger partial charge in [0.2, 0.25) is 0 Å². The van der Waals surface area contributed by atoms with Gasteiger partial charge in [0.05, 0.1) is 0 Å². The van der Waals surface area contributed by atoms with Gasteiger partial charge < -0.3 is 9.00 Å². The van der Waals surface area contributed by atoms with Crippen molar-refractivity contribution in [2.45, 2.75) is 0 Å². The minimum Gasteiger partial charge on any atom is -1.00 e. The van der Waals surface area contributed by atoms with Gasteiger partial charge >= 0.3 is 23.1 Å².